The van der Waals surface area contributed by atoms with E-state index < -0.39 is 35.7 Å². The summed E-state index contributed by atoms with van der Waals surface area (Å²) in [5.41, 5.74) is 0. The van der Waals surface area contributed by atoms with Gasteiger partial charge in [0.2, 0.25) is 0 Å². The second-order valence-corrected chi connectivity index (χ2v) is 9.87. The normalized spacial score (nSPS) is 16.2. The second-order valence-electron chi connectivity index (χ2n) is 9.87. The lowest BCUT2D eigenvalue weighted by molar-refractivity contribution is -0.934. The summed E-state index contributed by atoms with van der Waals surface area (Å²) in [5.74, 6) is -4.81. The fourth-order valence-corrected chi connectivity index (χ4v) is 4.59. The Morgan fingerprint density at radius 2 is 0.970 bits per heavy atom. The van der Waals surface area contributed by atoms with Crippen LogP contribution in [0.3, 0.4) is 0 Å². The van der Waals surface area contributed by atoms with Gasteiger partial charge in [-0.05, 0) is 53.4 Å². The van der Waals surface area contributed by atoms with Gasteiger partial charge in [0.25, 0.3) is 0 Å². The molecule has 0 aliphatic heterocycles. The van der Waals surface area contributed by atoms with Crippen LogP contribution >= 0.6 is 0 Å². The molecule has 0 spiro atoms. The number of carboxylic acids is 3. The molecule has 3 N–H and O–H groups in total. The number of hydrogen-bond acceptors (Lipinski definition) is 3. The Hall–Kier alpha value is -1.89. The van der Waals surface area contributed by atoms with E-state index in [1.165, 1.54) is 32.1 Å². The molecule has 0 aromatic heterocycles. The van der Waals surface area contributed by atoms with E-state index in [2.05, 4.69) is 19.1 Å². The summed E-state index contributed by atoms with van der Waals surface area (Å²) in [7, 11) is 0. The molecule has 0 amide bonds. The predicted octanol–water partition coefficient (Wildman–Crippen LogP) is 5.44. The highest BCUT2D eigenvalue weighted by atomic mass is 16.4. The van der Waals surface area contributed by atoms with E-state index in [4.69, 9.17) is 0 Å². The lowest BCUT2D eigenvalue weighted by Crippen LogP contribution is -2.57. The molecule has 7 nitrogen and oxygen atoms in total. The van der Waals surface area contributed by atoms with Gasteiger partial charge in [-0.2, -0.15) is 0 Å². The zero-order valence-electron chi connectivity index (χ0n) is 21.3. The molecule has 0 aromatic carbocycles. The summed E-state index contributed by atoms with van der Waals surface area (Å²) in [6.07, 6.45) is 15.8. The van der Waals surface area contributed by atoms with E-state index in [-0.39, 0.29) is 24.1 Å². The molecule has 33 heavy (non-hydrogen) atoms. The third-order valence-corrected chi connectivity index (χ3v) is 6.49. The van der Waals surface area contributed by atoms with Gasteiger partial charge in [-0.1, -0.05) is 50.7 Å². The van der Waals surface area contributed by atoms with Crippen molar-refractivity contribution in [2.75, 3.05) is 26.2 Å². The zero-order valence-corrected chi connectivity index (χ0v) is 21.3. The standard InChI is InChI=1S/C26H47NO6/c1-5-6-7-8-9-10-11-12-13-14-15-16-17-27(18-21(2)24(28)29,19-22(3)25(30)31)20-23(4)26(32)33/h5-6,21-23H,7-20H2,1-4H3,(H2-,28,29,30,31,32,33)/p+1/b6-5+. The summed E-state index contributed by atoms with van der Waals surface area (Å²) >= 11 is 0. The molecule has 0 saturated heterocycles. The summed E-state index contributed by atoms with van der Waals surface area (Å²) in [6.45, 7) is 8.25. The van der Waals surface area contributed by atoms with Gasteiger partial charge in [0.15, 0.2) is 0 Å². The third kappa shape index (κ3) is 14.8. The van der Waals surface area contributed by atoms with E-state index in [0.717, 1.165) is 32.1 Å². The zero-order chi connectivity index (χ0) is 25.3. The predicted molar refractivity (Wildman–Crippen MR) is 131 cm³/mol. The molecule has 7 heteroatoms. The van der Waals surface area contributed by atoms with Crippen molar-refractivity contribution in [2.24, 2.45) is 17.8 Å². The van der Waals surface area contributed by atoms with Crippen molar-refractivity contribution < 1.29 is 34.2 Å². The first kappa shape index (κ1) is 31.1. The van der Waals surface area contributed by atoms with Crippen LogP contribution in [0, 0.1) is 17.8 Å². The minimum atomic E-state index is -0.936. The first-order valence-electron chi connectivity index (χ1n) is 12.7. The number of aliphatic carboxylic acids is 3. The minimum absolute atomic E-state index is 0.223. The molecule has 0 heterocycles. The Morgan fingerprint density at radius 3 is 1.30 bits per heavy atom. The van der Waals surface area contributed by atoms with Gasteiger partial charge < -0.3 is 19.8 Å². The number of carboxylic acid groups (broad SMARTS) is 3. The van der Waals surface area contributed by atoms with E-state index >= 15 is 0 Å². The number of allylic oxidation sites excluding steroid dienone is 2. The molecule has 0 fully saturated rings. The SMILES string of the molecule is C/C=C/CCCCCCCCCCC[N+](CC(C)C(=O)O)(CC(C)C(=O)O)CC(C)C(=O)O. The fraction of sp³-hybridized carbons (Fsp3) is 0.808. The van der Waals surface area contributed by atoms with Crippen molar-refractivity contribution in [3.8, 4) is 0 Å². The molecule has 0 saturated carbocycles. The van der Waals surface area contributed by atoms with Crippen LogP contribution in [-0.4, -0.2) is 63.9 Å². The summed E-state index contributed by atoms with van der Waals surface area (Å²) in [6, 6.07) is 0. The first-order chi connectivity index (χ1) is 15.5. The van der Waals surface area contributed by atoms with Crippen LogP contribution in [0.4, 0.5) is 0 Å². The van der Waals surface area contributed by atoms with Gasteiger partial charge in [-0.15, -0.1) is 0 Å². The highest BCUT2D eigenvalue weighted by Crippen LogP contribution is 2.22. The Balaban J connectivity index is 4.81. The monoisotopic (exact) mass is 470 g/mol. The number of nitrogens with zero attached hydrogens (tertiary/aromatic N) is 1. The average Bonchev–Trinajstić information content (AvgIpc) is 2.74. The van der Waals surface area contributed by atoms with Crippen LogP contribution < -0.4 is 0 Å². The molecule has 0 bridgehead atoms. The van der Waals surface area contributed by atoms with E-state index in [9.17, 15) is 29.7 Å². The van der Waals surface area contributed by atoms with Gasteiger partial charge in [0, 0.05) is 0 Å². The molecule has 0 radical (unpaired) electrons. The van der Waals surface area contributed by atoms with Gasteiger partial charge in [0.05, 0.1) is 26.2 Å². The van der Waals surface area contributed by atoms with Crippen molar-refractivity contribution in [3.05, 3.63) is 12.2 Å². The molecular weight excluding hydrogens is 422 g/mol. The number of unbranched alkanes of at least 4 members (excludes halogenated alkanes) is 9. The first-order valence-corrected chi connectivity index (χ1v) is 12.7. The van der Waals surface area contributed by atoms with E-state index in [0.29, 0.717) is 6.54 Å². The second kappa shape index (κ2) is 17.6. The third-order valence-electron chi connectivity index (χ3n) is 6.49. The highest BCUT2D eigenvalue weighted by Gasteiger charge is 2.38. The van der Waals surface area contributed by atoms with Gasteiger partial charge in [-0.3, -0.25) is 14.4 Å². The molecule has 0 rings (SSSR count). The molecular formula is C26H48NO6+. The Bertz CT molecular complexity index is 549. The largest absolute Gasteiger partial charge is 0.481 e. The molecule has 3 atom stereocenters. The maximum Gasteiger partial charge on any atom is 0.311 e. The van der Waals surface area contributed by atoms with Crippen LogP contribution in [0.5, 0.6) is 0 Å². The molecule has 192 valence electrons. The fourth-order valence-electron chi connectivity index (χ4n) is 4.59. The van der Waals surface area contributed by atoms with Crippen molar-refractivity contribution in [2.45, 2.75) is 91.9 Å². The summed E-state index contributed by atoms with van der Waals surface area (Å²) < 4.78 is 0.223. The van der Waals surface area contributed by atoms with Crippen molar-refractivity contribution in [3.63, 3.8) is 0 Å². The lowest BCUT2D eigenvalue weighted by Gasteiger charge is -2.42. The average molecular weight is 471 g/mol. The van der Waals surface area contributed by atoms with Crippen molar-refractivity contribution in [1.29, 1.82) is 0 Å². The topological polar surface area (TPSA) is 112 Å². The van der Waals surface area contributed by atoms with Crippen molar-refractivity contribution in [1.82, 2.24) is 0 Å². The number of rotatable bonds is 21. The summed E-state index contributed by atoms with van der Waals surface area (Å²) in [5, 5.41) is 28.4. The lowest BCUT2D eigenvalue weighted by atomic mass is 10.00. The Labute approximate surface area is 200 Å². The maximum atomic E-state index is 11.5. The van der Waals surface area contributed by atoms with Gasteiger partial charge in [0.1, 0.15) is 17.8 Å². The number of carbonyl (C=O) groups is 3. The quantitative estimate of drug-likeness (QED) is 0.117. The Morgan fingerprint density at radius 1 is 0.636 bits per heavy atom. The van der Waals surface area contributed by atoms with E-state index in [1.54, 1.807) is 20.8 Å². The smallest absolute Gasteiger partial charge is 0.311 e. The molecule has 0 aliphatic rings. The van der Waals surface area contributed by atoms with Gasteiger partial charge >= 0.3 is 17.9 Å². The van der Waals surface area contributed by atoms with Crippen LogP contribution in [0.1, 0.15) is 91.9 Å². The minimum Gasteiger partial charge on any atom is -0.481 e. The van der Waals surface area contributed by atoms with Crippen LogP contribution in [0.25, 0.3) is 0 Å². The van der Waals surface area contributed by atoms with Crippen molar-refractivity contribution >= 4 is 17.9 Å². The van der Waals surface area contributed by atoms with Gasteiger partial charge in [-0.25, -0.2) is 0 Å². The molecule has 0 aliphatic carbocycles. The Kier molecular flexibility index (Phi) is 16.6. The molecule has 3 unspecified atom stereocenters. The maximum absolute atomic E-state index is 11.5. The number of hydrogen-bond donors (Lipinski definition) is 3. The molecule has 0 aromatic rings. The highest BCUT2D eigenvalue weighted by molar-refractivity contribution is 5.70. The van der Waals surface area contributed by atoms with Crippen LogP contribution in [0.15, 0.2) is 12.2 Å². The summed E-state index contributed by atoms with van der Waals surface area (Å²) in [4.78, 5) is 34.6. The van der Waals surface area contributed by atoms with Crippen LogP contribution in [0.2, 0.25) is 0 Å². The van der Waals surface area contributed by atoms with E-state index in [1.807, 2.05) is 0 Å². The number of quaternary nitrogens is 1. The van der Waals surface area contributed by atoms with Crippen LogP contribution in [-0.2, 0) is 14.4 Å².